The fourth-order valence-corrected chi connectivity index (χ4v) is 3.32. The molecule has 0 aliphatic heterocycles. The highest BCUT2D eigenvalue weighted by molar-refractivity contribution is 7.88. The molecule has 0 saturated heterocycles. The Bertz CT molecular complexity index is 1100. The van der Waals surface area contributed by atoms with E-state index in [1.807, 2.05) is 0 Å². The van der Waals surface area contributed by atoms with E-state index in [9.17, 15) is 31.5 Å². The molecule has 2 aromatic carbocycles. The van der Waals surface area contributed by atoms with Crippen LogP contribution in [0.25, 0.3) is 10.8 Å². The van der Waals surface area contributed by atoms with Crippen molar-refractivity contribution in [3.05, 3.63) is 40.7 Å². The minimum Gasteiger partial charge on any atom is -0.479 e. The molecule has 1 atom stereocenters. The van der Waals surface area contributed by atoms with Gasteiger partial charge >= 0.3 is 21.6 Å². The second-order valence-corrected chi connectivity index (χ2v) is 9.20. The lowest BCUT2D eigenvalue weighted by Gasteiger charge is -2.28. The zero-order valence-electron chi connectivity index (χ0n) is 16.7. The van der Waals surface area contributed by atoms with E-state index in [2.05, 4.69) is 4.18 Å². The van der Waals surface area contributed by atoms with E-state index < -0.39 is 56.0 Å². The molecule has 30 heavy (non-hydrogen) atoms. The molecule has 166 valence electrons. The normalized spacial score (nSPS) is 14.0. The zero-order chi connectivity index (χ0) is 23.2. The first-order valence-electron chi connectivity index (χ1n) is 8.60. The molecule has 0 heterocycles. The second kappa shape index (κ2) is 7.69. The number of aryl methyl sites for hydroxylation is 1. The standard InChI is InChI=1S/C19H20F4O6S/c1-9-6-7-11-12(8-9)14(20)10(2)13(16(17(24)25)28-18(3,4)5)15(11)29-30(26,27)19(21,22)23/h6-8,16H,1-5H3,(H,24,25). The third-order valence-electron chi connectivity index (χ3n) is 4.07. The summed E-state index contributed by atoms with van der Waals surface area (Å²) in [6, 6.07) is 3.84. The van der Waals surface area contributed by atoms with Crippen LogP contribution in [-0.2, 0) is 19.6 Å². The predicted octanol–water partition coefficient (Wildman–Crippen LogP) is 4.76. The molecule has 0 aliphatic carbocycles. The average molecular weight is 452 g/mol. The van der Waals surface area contributed by atoms with Gasteiger partial charge in [0.05, 0.1) is 5.60 Å². The number of alkyl halides is 3. The summed E-state index contributed by atoms with van der Waals surface area (Å²) in [5.74, 6) is -3.53. The van der Waals surface area contributed by atoms with E-state index in [-0.39, 0.29) is 10.8 Å². The number of halogens is 4. The third kappa shape index (κ3) is 4.67. The van der Waals surface area contributed by atoms with Crippen molar-refractivity contribution >= 4 is 26.9 Å². The Labute approximate surface area is 170 Å². The highest BCUT2D eigenvalue weighted by Gasteiger charge is 2.49. The number of carboxylic acids is 1. The van der Waals surface area contributed by atoms with Crippen molar-refractivity contribution in [2.75, 3.05) is 0 Å². The zero-order valence-corrected chi connectivity index (χ0v) is 17.5. The Balaban J connectivity index is 2.98. The van der Waals surface area contributed by atoms with E-state index in [4.69, 9.17) is 4.74 Å². The number of carbonyl (C=O) groups is 1. The quantitative estimate of drug-likeness (QED) is 0.400. The molecule has 0 aromatic heterocycles. The van der Waals surface area contributed by atoms with Crippen LogP contribution < -0.4 is 4.18 Å². The molecule has 0 fully saturated rings. The van der Waals surface area contributed by atoms with Gasteiger partial charge in [0.1, 0.15) is 5.82 Å². The average Bonchev–Trinajstić information content (AvgIpc) is 2.56. The molecule has 0 bridgehead atoms. The van der Waals surface area contributed by atoms with E-state index in [1.165, 1.54) is 32.9 Å². The number of hydrogen-bond donors (Lipinski definition) is 1. The van der Waals surface area contributed by atoms with Gasteiger partial charge in [-0.3, -0.25) is 0 Å². The largest absolute Gasteiger partial charge is 0.534 e. The van der Waals surface area contributed by atoms with Crippen molar-refractivity contribution in [1.29, 1.82) is 0 Å². The van der Waals surface area contributed by atoms with E-state index in [0.29, 0.717) is 5.56 Å². The fourth-order valence-electron chi connectivity index (χ4n) is 2.82. The van der Waals surface area contributed by atoms with Gasteiger partial charge in [0.25, 0.3) is 0 Å². The molecule has 11 heteroatoms. The maximum atomic E-state index is 15.1. The monoisotopic (exact) mass is 452 g/mol. The summed E-state index contributed by atoms with van der Waals surface area (Å²) >= 11 is 0. The van der Waals surface area contributed by atoms with Gasteiger partial charge in [0, 0.05) is 16.3 Å². The molecule has 2 rings (SSSR count). The Kier molecular flexibility index (Phi) is 6.12. The predicted molar refractivity (Wildman–Crippen MR) is 100 cm³/mol. The third-order valence-corrected chi connectivity index (χ3v) is 5.02. The highest BCUT2D eigenvalue weighted by atomic mass is 32.2. The lowest BCUT2D eigenvalue weighted by Crippen LogP contribution is -2.31. The number of carboxylic acid groups (broad SMARTS) is 1. The molecule has 0 spiro atoms. The minimum absolute atomic E-state index is 0.219. The van der Waals surface area contributed by atoms with Gasteiger partial charge in [-0.2, -0.15) is 21.6 Å². The first kappa shape index (κ1) is 23.9. The van der Waals surface area contributed by atoms with Crippen LogP contribution in [0.3, 0.4) is 0 Å². The maximum absolute atomic E-state index is 15.1. The fraction of sp³-hybridized carbons (Fsp3) is 0.421. The van der Waals surface area contributed by atoms with Crippen LogP contribution in [-0.4, -0.2) is 30.6 Å². The molecule has 2 aromatic rings. The molecular weight excluding hydrogens is 432 g/mol. The summed E-state index contributed by atoms with van der Waals surface area (Å²) in [7, 11) is -6.18. The van der Waals surface area contributed by atoms with Crippen molar-refractivity contribution in [2.24, 2.45) is 0 Å². The summed E-state index contributed by atoms with van der Waals surface area (Å²) in [5, 5.41) is 9.07. The van der Waals surface area contributed by atoms with Crippen molar-refractivity contribution in [3.63, 3.8) is 0 Å². The Morgan fingerprint density at radius 2 is 1.67 bits per heavy atom. The van der Waals surface area contributed by atoms with Crippen LogP contribution in [0, 0.1) is 19.7 Å². The molecule has 0 aliphatic rings. The first-order chi connectivity index (χ1) is 13.5. The summed E-state index contributed by atoms with van der Waals surface area (Å²) < 4.78 is 87.3. The van der Waals surface area contributed by atoms with Gasteiger partial charge in [0.2, 0.25) is 0 Å². The van der Waals surface area contributed by atoms with E-state index >= 15 is 4.39 Å². The van der Waals surface area contributed by atoms with Crippen LogP contribution in [0.1, 0.15) is 43.6 Å². The van der Waals surface area contributed by atoms with E-state index in [1.54, 1.807) is 6.92 Å². The molecule has 0 saturated carbocycles. The number of rotatable bonds is 5. The van der Waals surface area contributed by atoms with Gasteiger partial charge in [-0.15, -0.1) is 0 Å². The van der Waals surface area contributed by atoms with Crippen LogP contribution in [0.2, 0.25) is 0 Å². The second-order valence-electron chi connectivity index (χ2n) is 7.66. The van der Waals surface area contributed by atoms with Gasteiger partial charge in [0.15, 0.2) is 11.9 Å². The van der Waals surface area contributed by atoms with Crippen LogP contribution in [0.5, 0.6) is 5.75 Å². The SMILES string of the molecule is Cc1ccc2c(OS(=O)(=O)C(F)(F)F)c(C(OC(C)(C)C)C(=O)O)c(C)c(F)c2c1. The number of hydrogen-bond acceptors (Lipinski definition) is 5. The van der Waals surface area contributed by atoms with Crippen molar-refractivity contribution in [3.8, 4) is 5.75 Å². The summed E-state index contributed by atoms with van der Waals surface area (Å²) in [5.41, 5.74) is -7.42. The van der Waals surface area contributed by atoms with Gasteiger partial charge in [-0.1, -0.05) is 17.7 Å². The van der Waals surface area contributed by atoms with E-state index in [0.717, 1.165) is 13.0 Å². The van der Waals surface area contributed by atoms with Crippen LogP contribution >= 0.6 is 0 Å². The highest BCUT2D eigenvalue weighted by Crippen LogP contribution is 2.43. The number of aliphatic carboxylic acids is 1. The lowest BCUT2D eigenvalue weighted by atomic mass is 9.94. The van der Waals surface area contributed by atoms with Crippen molar-refractivity contribution in [1.82, 2.24) is 0 Å². The van der Waals surface area contributed by atoms with Gasteiger partial charge in [-0.25, -0.2) is 9.18 Å². The number of benzene rings is 2. The maximum Gasteiger partial charge on any atom is 0.534 e. The van der Waals surface area contributed by atoms with Crippen LogP contribution in [0.15, 0.2) is 18.2 Å². The molecule has 6 nitrogen and oxygen atoms in total. The molecule has 1 unspecified atom stereocenters. The summed E-state index contributed by atoms with van der Waals surface area (Å²) in [4.78, 5) is 11.9. The first-order valence-corrected chi connectivity index (χ1v) is 10.0. The van der Waals surface area contributed by atoms with Gasteiger partial charge in [-0.05, 0) is 46.2 Å². The topological polar surface area (TPSA) is 89.9 Å². The molecule has 1 N–H and O–H groups in total. The Hall–Kier alpha value is -2.40. The summed E-state index contributed by atoms with van der Waals surface area (Å²) in [6.07, 6.45) is -2.00. The molecule has 0 radical (unpaired) electrons. The molecule has 0 amide bonds. The number of fused-ring (bicyclic) bond motifs is 1. The van der Waals surface area contributed by atoms with Crippen molar-refractivity contribution in [2.45, 2.75) is 51.8 Å². The Morgan fingerprint density at radius 1 is 1.10 bits per heavy atom. The minimum atomic E-state index is -6.18. The lowest BCUT2D eigenvalue weighted by molar-refractivity contribution is -0.160. The van der Waals surface area contributed by atoms with Gasteiger partial charge < -0.3 is 14.0 Å². The molecular formula is C19H20F4O6S. The number of ether oxygens (including phenoxy) is 1. The smallest absolute Gasteiger partial charge is 0.479 e. The summed E-state index contributed by atoms with van der Waals surface area (Å²) in [6.45, 7) is 7.14. The van der Waals surface area contributed by atoms with Crippen molar-refractivity contribution < 1.29 is 44.8 Å². The Morgan fingerprint density at radius 3 is 2.13 bits per heavy atom. The van der Waals surface area contributed by atoms with Crippen LogP contribution in [0.4, 0.5) is 17.6 Å².